The molecule has 1 fully saturated rings. The van der Waals surface area contributed by atoms with E-state index in [0.29, 0.717) is 0 Å². The van der Waals surface area contributed by atoms with Gasteiger partial charge in [0.1, 0.15) is 6.04 Å². The van der Waals surface area contributed by atoms with Gasteiger partial charge in [-0.3, -0.25) is 0 Å². The van der Waals surface area contributed by atoms with Crippen LogP contribution in [0.2, 0.25) is 0 Å². The zero-order valence-electron chi connectivity index (χ0n) is 8.53. The molecule has 1 aliphatic carbocycles. The standard InChI is InChI=1S/C10H18F3N/c1-14-9(10(11,12)13)7-8-5-3-2-4-6-8/h8-9,14H,2-7H2,1H3. The van der Waals surface area contributed by atoms with E-state index in [1.54, 1.807) is 0 Å². The van der Waals surface area contributed by atoms with Crippen molar-refractivity contribution in [3.8, 4) is 0 Å². The van der Waals surface area contributed by atoms with Crippen LogP contribution in [0.3, 0.4) is 0 Å². The minimum Gasteiger partial charge on any atom is -0.309 e. The second-order valence-corrected chi connectivity index (χ2v) is 4.12. The van der Waals surface area contributed by atoms with Crippen molar-refractivity contribution in [1.82, 2.24) is 5.32 Å². The first-order chi connectivity index (χ1) is 6.54. The lowest BCUT2D eigenvalue weighted by molar-refractivity contribution is -0.158. The minimum atomic E-state index is -4.09. The molecular formula is C10H18F3N. The fraction of sp³-hybridized carbons (Fsp3) is 1.00. The van der Waals surface area contributed by atoms with Gasteiger partial charge in [0.05, 0.1) is 0 Å². The van der Waals surface area contributed by atoms with Crippen LogP contribution in [0.5, 0.6) is 0 Å². The van der Waals surface area contributed by atoms with Crippen LogP contribution in [0, 0.1) is 5.92 Å². The van der Waals surface area contributed by atoms with Crippen molar-refractivity contribution >= 4 is 0 Å². The molecule has 0 aromatic carbocycles. The highest BCUT2D eigenvalue weighted by Crippen LogP contribution is 2.32. The average Bonchev–Trinajstić information content (AvgIpc) is 2.14. The highest BCUT2D eigenvalue weighted by atomic mass is 19.4. The van der Waals surface area contributed by atoms with E-state index in [1.807, 2.05) is 0 Å². The summed E-state index contributed by atoms with van der Waals surface area (Å²) >= 11 is 0. The Bertz CT molecular complexity index is 161. The summed E-state index contributed by atoms with van der Waals surface area (Å²) in [4.78, 5) is 0. The lowest BCUT2D eigenvalue weighted by Gasteiger charge is -2.27. The van der Waals surface area contributed by atoms with Crippen LogP contribution < -0.4 is 5.32 Å². The summed E-state index contributed by atoms with van der Waals surface area (Å²) in [6.45, 7) is 0. The Balaban J connectivity index is 2.39. The van der Waals surface area contributed by atoms with Gasteiger partial charge in [0, 0.05) is 0 Å². The molecule has 1 aliphatic rings. The fourth-order valence-electron chi connectivity index (χ4n) is 2.17. The van der Waals surface area contributed by atoms with Crippen molar-refractivity contribution in [2.45, 2.75) is 50.7 Å². The van der Waals surface area contributed by atoms with Crippen LogP contribution in [0.4, 0.5) is 13.2 Å². The largest absolute Gasteiger partial charge is 0.403 e. The first-order valence-corrected chi connectivity index (χ1v) is 5.28. The summed E-state index contributed by atoms with van der Waals surface area (Å²) in [6.07, 6.45) is 1.47. The first kappa shape index (κ1) is 11.8. The van der Waals surface area contributed by atoms with Gasteiger partial charge < -0.3 is 5.32 Å². The fourth-order valence-corrected chi connectivity index (χ4v) is 2.17. The molecular weight excluding hydrogens is 191 g/mol. The molecule has 1 rings (SSSR count). The van der Waals surface area contributed by atoms with Gasteiger partial charge in [-0.15, -0.1) is 0 Å². The highest BCUT2D eigenvalue weighted by molar-refractivity contribution is 4.78. The number of rotatable bonds is 3. The molecule has 1 atom stereocenters. The summed E-state index contributed by atoms with van der Waals surface area (Å²) < 4.78 is 37.2. The number of alkyl halides is 3. The molecule has 1 unspecified atom stereocenters. The monoisotopic (exact) mass is 209 g/mol. The Hall–Kier alpha value is -0.250. The predicted octanol–water partition coefficient (Wildman–Crippen LogP) is 3.11. The smallest absolute Gasteiger partial charge is 0.309 e. The first-order valence-electron chi connectivity index (χ1n) is 5.28. The third-order valence-electron chi connectivity index (χ3n) is 3.04. The van der Waals surface area contributed by atoms with Gasteiger partial charge in [-0.2, -0.15) is 13.2 Å². The lowest BCUT2D eigenvalue weighted by atomic mass is 9.85. The number of hydrogen-bond donors (Lipinski definition) is 1. The minimum absolute atomic E-state index is 0.250. The molecule has 0 bridgehead atoms. The van der Waals surface area contributed by atoms with E-state index in [0.717, 1.165) is 25.7 Å². The van der Waals surface area contributed by atoms with Crippen molar-refractivity contribution in [3.05, 3.63) is 0 Å². The zero-order chi connectivity index (χ0) is 10.6. The molecule has 0 spiro atoms. The van der Waals surface area contributed by atoms with E-state index in [2.05, 4.69) is 5.32 Å². The van der Waals surface area contributed by atoms with E-state index in [1.165, 1.54) is 13.5 Å². The van der Waals surface area contributed by atoms with E-state index < -0.39 is 12.2 Å². The summed E-state index contributed by atoms with van der Waals surface area (Å²) in [5.41, 5.74) is 0. The van der Waals surface area contributed by atoms with Crippen molar-refractivity contribution in [3.63, 3.8) is 0 Å². The molecule has 4 heteroatoms. The molecule has 0 aromatic heterocycles. The average molecular weight is 209 g/mol. The highest BCUT2D eigenvalue weighted by Gasteiger charge is 2.39. The van der Waals surface area contributed by atoms with E-state index in [-0.39, 0.29) is 12.3 Å². The zero-order valence-corrected chi connectivity index (χ0v) is 8.53. The molecule has 14 heavy (non-hydrogen) atoms. The molecule has 0 heterocycles. The Morgan fingerprint density at radius 2 is 1.79 bits per heavy atom. The normalized spacial score (nSPS) is 22.3. The Labute approximate surface area is 83.1 Å². The number of hydrogen-bond acceptors (Lipinski definition) is 1. The molecule has 0 amide bonds. The molecule has 0 aromatic rings. The second kappa shape index (κ2) is 5.01. The topological polar surface area (TPSA) is 12.0 Å². The Kier molecular flexibility index (Phi) is 4.23. The molecule has 1 nitrogen and oxygen atoms in total. The molecule has 0 radical (unpaired) electrons. The number of halogens is 3. The van der Waals surface area contributed by atoms with E-state index >= 15 is 0 Å². The lowest BCUT2D eigenvalue weighted by Crippen LogP contribution is -2.41. The maximum absolute atomic E-state index is 12.4. The predicted molar refractivity (Wildman–Crippen MR) is 50.1 cm³/mol. The second-order valence-electron chi connectivity index (χ2n) is 4.12. The molecule has 0 aliphatic heterocycles. The molecule has 84 valence electrons. The summed E-state index contributed by atoms with van der Waals surface area (Å²) in [5, 5.41) is 2.36. The third-order valence-corrected chi connectivity index (χ3v) is 3.04. The molecule has 0 saturated heterocycles. The SMILES string of the molecule is CNC(CC1CCCCC1)C(F)(F)F. The Morgan fingerprint density at radius 3 is 2.21 bits per heavy atom. The van der Waals surface area contributed by atoms with Crippen LogP contribution in [0.25, 0.3) is 0 Å². The Morgan fingerprint density at radius 1 is 1.21 bits per heavy atom. The maximum Gasteiger partial charge on any atom is 0.403 e. The molecule has 1 saturated carbocycles. The molecule has 1 N–H and O–H groups in total. The van der Waals surface area contributed by atoms with Gasteiger partial charge in [-0.1, -0.05) is 32.1 Å². The summed E-state index contributed by atoms with van der Waals surface area (Å²) in [6, 6.07) is -1.31. The van der Waals surface area contributed by atoms with Crippen molar-refractivity contribution < 1.29 is 13.2 Å². The van der Waals surface area contributed by atoms with Crippen LogP contribution in [0.15, 0.2) is 0 Å². The van der Waals surface area contributed by atoms with E-state index in [9.17, 15) is 13.2 Å². The van der Waals surface area contributed by atoms with Gasteiger partial charge in [-0.25, -0.2) is 0 Å². The van der Waals surface area contributed by atoms with Crippen molar-refractivity contribution in [1.29, 1.82) is 0 Å². The van der Waals surface area contributed by atoms with Gasteiger partial charge in [-0.05, 0) is 19.4 Å². The van der Waals surface area contributed by atoms with Gasteiger partial charge in [0.15, 0.2) is 0 Å². The van der Waals surface area contributed by atoms with E-state index in [4.69, 9.17) is 0 Å². The summed E-state index contributed by atoms with van der Waals surface area (Å²) in [7, 11) is 1.39. The van der Waals surface area contributed by atoms with Crippen LogP contribution >= 0.6 is 0 Å². The van der Waals surface area contributed by atoms with Crippen LogP contribution in [0.1, 0.15) is 38.5 Å². The van der Waals surface area contributed by atoms with Gasteiger partial charge in [0.25, 0.3) is 0 Å². The quantitative estimate of drug-likeness (QED) is 0.753. The van der Waals surface area contributed by atoms with Crippen molar-refractivity contribution in [2.24, 2.45) is 5.92 Å². The third kappa shape index (κ3) is 3.48. The van der Waals surface area contributed by atoms with Gasteiger partial charge in [0.2, 0.25) is 0 Å². The van der Waals surface area contributed by atoms with Crippen LogP contribution in [-0.4, -0.2) is 19.3 Å². The maximum atomic E-state index is 12.4. The summed E-state index contributed by atoms with van der Waals surface area (Å²) in [5.74, 6) is 0.267. The number of nitrogens with one attached hydrogen (secondary N) is 1. The van der Waals surface area contributed by atoms with Gasteiger partial charge >= 0.3 is 6.18 Å². The van der Waals surface area contributed by atoms with Crippen molar-refractivity contribution in [2.75, 3.05) is 7.05 Å². The van der Waals surface area contributed by atoms with Crippen LogP contribution in [-0.2, 0) is 0 Å².